The molecule has 4 saturated carbocycles. The molecule has 4 rings (SSSR count). The van der Waals surface area contributed by atoms with Gasteiger partial charge in [0.15, 0.2) is 0 Å². The van der Waals surface area contributed by atoms with Gasteiger partial charge in [-0.15, -0.1) is 0 Å². The lowest BCUT2D eigenvalue weighted by atomic mass is 9.42. The lowest BCUT2D eigenvalue weighted by Gasteiger charge is -2.63. The summed E-state index contributed by atoms with van der Waals surface area (Å²) in [6.07, 6.45) is 12.2. The number of hydrogen-bond donors (Lipinski definition) is 1. The highest BCUT2D eigenvalue weighted by Crippen LogP contribution is 2.68. The Morgan fingerprint density at radius 2 is 1.45 bits per heavy atom. The third kappa shape index (κ3) is 1.87. The molecule has 0 aromatic carbocycles. The van der Waals surface area contributed by atoms with Gasteiger partial charge in [0.2, 0.25) is 0 Å². The van der Waals surface area contributed by atoms with E-state index in [1.165, 1.54) is 51.4 Å². The maximum atomic E-state index is 10.6. The number of fused-ring (bicyclic) bond motifs is 5. The predicted octanol–water partition coefficient (Wildman–Crippen LogP) is 5.42. The van der Waals surface area contributed by atoms with Gasteiger partial charge < -0.3 is 5.11 Å². The van der Waals surface area contributed by atoms with E-state index >= 15 is 0 Å². The second kappa shape index (κ2) is 4.74. The fourth-order valence-corrected chi connectivity index (χ4v) is 8.17. The number of rotatable bonds is 0. The highest BCUT2D eigenvalue weighted by Gasteiger charge is 2.61. The van der Waals surface area contributed by atoms with Crippen LogP contribution in [0.4, 0.5) is 0 Å². The summed E-state index contributed by atoms with van der Waals surface area (Å²) in [5.74, 6) is 3.59. The minimum Gasteiger partial charge on any atom is -0.393 e. The van der Waals surface area contributed by atoms with Gasteiger partial charge in [0, 0.05) is 0 Å². The maximum absolute atomic E-state index is 10.6. The summed E-state index contributed by atoms with van der Waals surface area (Å²) in [6.45, 7) is 10.2. The van der Waals surface area contributed by atoms with E-state index in [0.717, 1.165) is 30.1 Å². The van der Waals surface area contributed by atoms with E-state index in [-0.39, 0.29) is 11.5 Å². The van der Waals surface area contributed by atoms with Gasteiger partial charge >= 0.3 is 0 Å². The molecule has 7 atom stereocenters. The molecule has 4 aliphatic carbocycles. The minimum absolute atomic E-state index is 0.0215. The summed E-state index contributed by atoms with van der Waals surface area (Å²) in [4.78, 5) is 0. The Balaban J connectivity index is 1.67. The molecule has 0 radical (unpaired) electrons. The largest absolute Gasteiger partial charge is 0.393 e. The summed E-state index contributed by atoms with van der Waals surface area (Å²) < 4.78 is 0. The van der Waals surface area contributed by atoms with Crippen molar-refractivity contribution in [2.24, 2.45) is 39.9 Å². The average molecular weight is 305 g/mol. The summed E-state index contributed by atoms with van der Waals surface area (Å²) in [7, 11) is 0. The molecule has 0 bridgehead atoms. The van der Waals surface area contributed by atoms with E-state index in [2.05, 4.69) is 27.7 Å². The normalized spacial score (nSPS) is 56.9. The molecule has 0 aliphatic heterocycles. The zero-order valence-corrected chi connectivity index (χ0v) is 15.2. The summed E-state index contributed by atoms with van der Waals surface area (Å²) >= 11 is 0. The molecular formula is C21H36O. The Bertz CT molecular complexity index is 455. The van der Waals surface area contributed by atoms with Gasteiger partial charge in [-0.3, -0.25) is 0 Å². The number of aliphatic hydroxyl groups is 1. The van der Waals surface area contributed by atoms with Gasteiger partial charge in [-0.2, -0.15) is 0 Å². The molecule has 0 heterocycles. The topological polar surface area (TPSA) is 20.2 Å². The van der Waals surface area contributed by atoms with E-state index in [9.17, 15) is 5.11 Å². The molecule has 0 spiro atoms. The zero-order valence-electron chi connectivity index (χ0n) is 15.2. The van der Waals surface area contributed by atoms with Crippen LogP contribution in [-0.2, 0) is 0 Å². The Morgan fingerprint density at radius 1 is 0.727 bits per heavy atom. The lowest BCUT2D eigenvalue weighted by Crippen LogP contribution is -2.56. The first-order chi connectivity index (χ1) is 10.3. The van der Waals surface area contributed by atoms with E-state index in [1.54, 1.807) is 0 Å². The van der Waals surface area contributed by atoms with Crippen molar-refractivity contribution in [3.63, 3.8) is 0 Å². The number of hydrogen-bond acceptors (Lipinski definition) is 1. The highest BCUT2D eigenvalue weighted by atomic mass is 16.3. The van der Waals surface area contributed by atoms with Crippen molar-refractivity contribution in [2.45, 2.75) is 91.6 Å². The zero-order chi connectivity index (χ0) is 15.8. The second-order valence-corrected chi connectivity index (χ2v) is 10.5. The summed E-state index contributed by atoms with van der Waals surface area (Å²) in [5, 5.41) is 10.6. The molecule has 22 heavy (non-hydrogen) atoms. The first kappa shape index (κ1) is 15.5. The Labute approximate surface area is 137 Å². The van der Waals surface area contributed by atoms with Gasteiger partial charge in [-0.05, 0) is 91.3 Å². The molecular weight excluding hydrogens is 268 g/mol. The monoisotopic (exact) mass is 304 g/mol. The summed E-state index contributed by atoms with van der Waals surface area (Å²) in [6, 6.07) is 0. The van der Waals surface area contributed by atoms with E-state index < -0.39 is 0 Å². The van der Waals surface area contributed by atoms with Gasteiger partial charge in [-0.25, -0.2) is 0 Å². The first-order valence-electron chi connectivity index (χ1n) is 9.97. The van der Waals surface area contributed by atoms with Crippen LogP contribution in [0.1, 0.15) is 85.5 Å². The van der Waals surface area contributed by atoms with Crippen molar-refractivity contribution < 1.29 is 5.11 Å². The molecule has 4 aliphatic rings. The molecule has 4 fully saturated rings. The van der Waals surface area contributed by atoms with Crippen molar-refractivity contribution in [2.75, 3.05) is 0 Å². The smallest absolute Gasteiger partial charge is 0.0596 e. The quantitative estimate of drug-likeness (QED) is 0.634. The molecule has 0 amide bonds. The van der Waals surface area contributed by atoms with Crippen molar-refractivity contribution in [3.05, 3.63) is 0 Å². The molecule has 0 aromatic heterocycles. The van der Waals surface area contributed by atoms with Crippen LogP contribution in [0.3, 0.4) is 0 Å². The van der Waals surface area contributed by atoms with Gasteiger partial charge in [0.05, 0.1) is 6.10 Å². The van der Waals surface area contributed by atoms with Crippen LogP contribution < -0.4 is 0 Å². The summed E-state index contributed by atoms with van der Waals surface area (Å²) in [5.41, 5.74) is 1.38. The van der Waals surface area contributed by atoms with Crippen LogP contribution in [-0.4, -0.2) is 11.2 Å². The SMILES string of the molecule is CC1(C)CCC[C@@]2(C)C1CC[C@@H]1[C@@H]2CC[C@]2(C)C(O)CC[C@@H]12. The highest BCUT2D eigenvalue weighted by molar-refractivity contribution is 5.10. The number of aliphatic hydroxyl groups excluding tert-OH is 1. The average Bonchev–Trinajstić information content (AvgIpc) is 2.74. The van der Waals surface area contributed by atoms with Crippen molar-refractivity contribution >= 4 is 0 Å². The van der Waals surface area contributed by atoms with Gasteiger partial charge in [-0.1, -0.05) is 34.1 Å². The predicted molar refractivity (Wildman–Crippen MR) is 91.5 cm³/mol. The van der Waals surface area contributed by atoms with Gasteiger partial charge in [0.1, 0.15) is 0 Å². The lowest BCUT2D eigenvalue weighted by molar-refractivity contribution is -0.150. The Kier molecular flexibility index (Phi) is 3.34. The van der Waals surface area contributed by atoms with Crippen molar-refractivity contribution in [3.8, 4) is 0 Å². The maximum Gasteiger partial charge on any atom is 0.0596 e. The van der Waals surface area contributed by atoms with Crippen LogP contribution in [0.2, 0.25) is 0 Å². The van der Waals surface area contributed by atoms with E-state index in [1.807, 2.05) is 0 Å². The van der Waals surface area contributed by atoms with Crippen molar-refractivity contribution in [1.82, 2.24) is 0 Å². The molecule has 126 valence electrons. The standard InChI is InChI=1S/C21H36O/c1-19(2)11-5-12-20(3)16-10-13-21(4)15(7-9-18(21)22)14(16)6-8-17(19)20/h14-18,22H,5-13H2,1-4H3/t14-,15-,16-,17?,18?,20+,21-/m0/s1. The molecule has 1 nitrogen and oxygen atoms in total. The van der Waals surface area contributed by atoms with Gasteiger partial charge in [0.25, 0.3) is 0 Å². The van der Waals surface area contributed by atoms with Crippen LogP contribution >= 0.6 is 0 Å². The molecule has 0 saturated heterocycles. The first-order valence-corrected chi connectivity index (χ1v) is 9.97. The second-order valence-electron chi connectivity index (χ2n) is 10.5. The molecule has 0 aromatic rings. The Morgan fingerprint density at radius 3 is 2.23 bits per heavy atom. The third-order valence-corrected chi connectivity index (χ3v) is 9.30. The van der Waals surface area contributed by atoms with Crippen LogP contribution in [0.5, 0.6) is 0 Å². The van der Waals surface area contributed by atoms with Crippen LogP contribution in [0.15, 0.2) is 0 Å². The van der Waals surface area contributed by atoms with E-state index in [0.29, 0.717) is 10.8 Å². The minimum atomic E-state index is -0.0215. The molecule has 2 unspecified atom stereocenters. The van der Waals surface area contributed by atoms with Crippen LogP contribution in [0.25, 0.3) is 0 Å². The fraction of sp³-hybridized carbons (Fsp3) is 1.00. The van der Waals surface area contributed by atoms with Crippen molar-refractivity contribution in [1.29, 1.82) is 0 Å². The Hall–Kier alpha value is -0.0400. The third-order valence-electron chi connectivity index (χ3n) is 9.30. The van der Waals surface area contributed by atoms with Crippen LogP contribution in [0, 0.1) is 39.9 Å². The fourth-order valence-electron chi connectivity index (χ4n) is 8.17. The molecule has 1 heteroatoms. The van der Waals surface area contributed by atoms with E-state index in [4.69, 9.17) is 0 Å². The molecule has 1 N–H and O–H groups in total.